The highest BCUT2D eigenvalue weighted by Gasteiger charge is 2.38. The molecule has 4 aromatic rings. The van der Waals surface area contributed by atoms with Crippen LogP contribution in [0.25, 0.3) is 21.8 Å². The zero-order valence-corrected chi connectivity index (χ0v) is 29.1. The molecule has 0 spiro atoms. The Labute approximate surface area is 310 Å². The number of nitrogens with two attached hydrogens (primary N) is 2. The normalized spacial score (nSPS) is 11.3. The Morgan fingerprint density at radius 3 is 1.02 bits per heavy atom. The smallest absolute Gasteiger partial charge is 0.490 e. The second-order valence-corrected chi connectivity index (χ2v) is 10.5. The number of aliphatic carboxylic acids is 2. The molecule has 21 heteroatoms. The highest BCUT2D eigenvalue weighted by molar-refractivity contribution is 5.82. The van der Waals surface area contributed by atoms with Gasteiger partial charge in [0.05, 0.1) is 77.1 Å². The van der Waals surface area contributed by atoms with E-state index in [1.807, 2.05) is 48.5 Å². The van der Waals surface area contributed by atoms with Crippen LogP contribution in [0.1, 0.15) is 0 Å². The van der Waals surface area contributed by atoms with Crippen molar-refractivity contribution in [1.29, 1.82) is 0 Å². The largest absolute Gasteiger partial charge is 0.491 e. The number of anilines is 2. The van der Waals surface area contributed by atoms with E-state index in [1.165, 1.54) is 0 Å². The van der Waals surface area contributed by atoms with E-state index in [2.05, 4.69) is 9.97 Å². The molecule has 0 unspecified atom stereocenters. The topological polar surface area (TPSA) is 217 Å². The lowest BCUT2D eigenvalue weighted by Crippen LogP contribution is -2.21. The van der Waals surface area contributed by atoms with Crippen molar-refractivity contribution in [2.75, 3.05) is 90.7 Å². The van der Waals surface area contributed by atoms with Crippen molar-refractivity contribution in [3.63, 3.8) is 0 Å². The molecule has 4 rings (SSSR count). The van der Waals surface area contributed by atoms with E-state index in [-0.39, 0.29) is 0 Å². The van der Waals surface area contributed by atoms with Gasteiger partial charge in [0.25, 0.3) is 0 Å². The van der Waals surface area contributed by atoms with Crippen molar-refractivity contribution >= 4 is 45.4 Å². The van der Waals surface area contributed by atoms with E-state index in [9.17, 15) is 26.3 Å². The van der Waals surface area contributed by atoms with E-state index < -0.39 is 24.3 Å². The highest BCUT2D eigenvalue weighted by atomic mass is 19.4. The van der Waals surface area contributed by atoms with Gasteiger partial charge in [-0.05, 0) is 48.5 Å². The summed E-state index contributed by atoms with van der Waals surface area (Å²) in [6.45, 7) is 5.76. The molecular formula is C34H40F6N4O11. The van der Waals surface area contributed by atoms with Gasteiger partial charge in [-0.2, -0.15) is 26.3 Å². The fraction of sp³-hybridized carbons (Fsp3) is 0.412. The van der Waals surface area contributed by atoms with Gasteiger partial charge in [0, 0.05) is 22.9 Å². The zero-order chi connectivity index (χ0) is 40.7. The van der Waals surface area contributed by atoms with Crippen LogP contribution >= 0.6 is 0 Å². The third kappa shape index (κ3) is 20.2. The summed E-state index contributed by atoms with van der Waals surface area (Å²) in [7, 11) is 0. The first-order valence-electron chi connectivity index (χ1n) is 16.1. The van der Waals surface area contributed by atoms with E-state index in [1.54, 1.807) is 12.1 Å². The Kier molecular flexibility index (Phi) is 20.2. The van der Waals surface area contributed by atoms with Gasteiger partial charge in [-0.15, -0.1) is 0 Å². The maximum Gasteiger partial charge on any atom is 0.490 e. The molecular weight excluding hydrogens is 754 g/mol. The van der Waals surface area contributed by atoms with Crippen molar-refractivity contribution in [2.24, 2.45) is 0 Å². The third-order valence-electron chi connectivity index (χ3n) is 6.34. The lowest BCUT2D eigenvalue weighted by molar-refractivity contribution is -0.193. The van der Waals surface area contributed by atoms with Crippen LogP contribution in [0.5, 0.6) is 11.5 Å². The summed E-state index contributed by atoms with van der Waals surface area (Å²) in [5.74, 6) is -3.08. The summed E-state index contributed by atoms with van der Waals surface area (Å²) < 4.78 is 102. The van der Waals surface area contributed by atoms with Crippen LogP contribution in [0.4, 0.5) is 38.0 Å². The number of carbonyl (C=O) groups is 2. The van der Waals surface area contributed by atoms with Gasteiger partial charge in [0.1, 0.15) is 36.3 Å². The minimum atomic E-state index is -5.08. The lowest BCUT2D eigenvalue weighted by atomic mass is 10.2. The third-order valence-corrected chi connectivity index (χ3v) is 6.34. The SMILES string of the molecule is Nc1ccc2ccc(OCCOCCOCCOCCOCCOCCOc3ccc4ccc(N)nc4c3)cc2n1.O=C(O)C(F)(F)F.O=C(O)C(F)(F)F. The predicted octanol–water partition coefficient (Wildman–Crippen LogP) is 4.75. The average Bonchev–Trinajstić information content (AvgIpc) is 3.12. The first-order chi connectivity index (χ1) is 26.1. The Morgan fingerprint density at radius 1 is 0.491 bits per heavy atom. The molecule has 6 N–H and O–H groups in total. The van der Waals surface area contributed by atoms with Crippen LogP contribution in [0.15, 0.2) is 60.7 Å². The lowest BCUT2D eigenvalue weighted by Gasteiger charge is -2.09. The number of carboxylic acid groups (broad SMARTS) is 2. The fourth-order valence-corrected chi connectivity index (χ4v) is 3.82. The van der Waals surface area contributed by atoms with Crippen LogP contribution in [-0.2, 0) is 33.3 Å². The number of ether oxygens (including phenoxy) is 7. The van der Waals surface area contributed by atoms with Crippen LogP contribution in [0.2, 0.25) is 0 Å². The molecule has 0 saturated heterocycles. The van der Waals surface area contributed by atoms with Crippen LogP contribution in [0, 0.1) is 0 Å². The van der Waals surface area contributed by atoms with Gasteiger partial charge in [-0.1, -0.05) is 0 Å². The Balaban J connectivity index is 0.000000633. The minimum absolute atomic E-state index is 0.440. The number of pyridine rings is 2. The summed E-state index contributed by atoms with van der Waals surface area (Å²) in [6, 6.07) is 18.9. The van der Waals surface area contributed by atoms with Crippen molar-refractivity contribution in [3.05, 3.63) is 60.7 Å². The van der Waals surface area contributed by atoms with Gasteiger partial charge in [-0.25, -0.2) is 19.6 Å². The fourth-order valence-electron chi connectivity index (χ4n) is 3.82. The Hall–Kier alpha value is -5.22. The van der Waals surface area contributed by atoms with Crippen molar-refractivity contribution in [2.45, 2.75) is 12.4 Å². The number of fused-ring (bicyclic) bond motifs is 2. The molecule has 2 heterocycles. The maximum absolute atomic E-state index is 10.6. The Morgan fingerprint density at radius 2 is 0.745 bits per heavy atom. The second-order valence-electron chi connectivity index (χ2n) is 10.5. The van der Waals surface area contributed by atoms with Gasteiger partial charge < -0.3 is 54.8 Å². The molecule has 0 atom stereocenters. The van der Waals surface area contributed by atoms with E-state index >= 15 is 0 Å². The van der Waals surface area contributed by atoms with Crippen molar-refractivity contribution < 1.29 is 79.3 Å². The minimum Gasteiger partial charge on any atom is -0.491 e. The Bertz CT molecular complexity index is 1620. The van der Waals surface area contributed by atoms with Crippen molar-refractivity contribution in [1.82, 2.24) is 9.97 Å². The number of rotatable bonds is 20. The molecule has 304 valence electrons. The summed E-state index contributed by atoms with van der Waals surface area (Å²) in [6.07, 6.45) is -10.2. The molecule has 0 radical (unpaired) electrons. The first kappa shape index (κ1) is 45.9. The molecule has 0 aliphatic carbocycles. The molecule has 0 aliphatic rings. The summed E-state index contributed by atoms with van der Waals surface area (Å²) in [4.78, 5) is 26.4. The number of nitrogen functional groups attached to an aromatic ring is 2. The van der Waals surface area contributed by atoms with Gasteiger partial charge in [0.15, 0.2) is 0 Å². The van der Waals surface area contributed by atoms with Crippen molar-refractivity contribution in [3.8, 4) is 11.5 Å². The molecule has 0 saturated carbocycles. The molecule has 2 aromatic carbocycles. The predicted molar refractivity (Wildman–Crippen MR) is 185 cm³/mol. The number of benzene rings is 2. The number of nitrogens with zero attached hydrogens (tertiary/aromatic N) is 2. The zero-order valence-electron chi connectivity index (χ0n) is 29.1. The number of hydrogen-bond donors (Lipinski definition) is 4. The quantitative estimate of drug-likeness (QED) is 0.0701. The molecule has 15 nitrogen and oxygen atoms in total. The van der Waals surface area contributed by atoms with Crippen LogP contribution in [0.3, 0.4) is 0 Å². The summed E-state index contributed by atoms with van der Waals surface area (Å²) in [5, 5.41) is 16.3. The maximum atomic E-state index is 10.6. The van der Waals surface area contributed by atoms with E-state index in [4.69, 9.17) is 64.4 Å². The number of halogens is 6. The number of hydrogen-bond acceptors (Lipinski definition) is 13. The van der Waals surface area contributed by atoms with E-state index in [0.717, 1.165) is 33.3 Å². The molecule has 55 heavy (non-hydrogen) atoms. The molecule has 0 amide bonds. The first-order valence-corrected chi connectivity index (χ1v) is 16.1. The van der Waals surface area contributed by atoms with Gasteiger partial charge in [0.2, 0.25) is 0 Å². The molecule has 0 aliphatic heterocycles. The highest BCUT2D eigenvalue weighted by Crippen LogP contribution is 2.21. The molecule has 0 bridgehead atoms. The van der Waals surface area contributed by atoms with Gasteiger partial charge >= 0.3 is 24.3 Å². The number of aromatic nitrogens is 2. The summed E-state index contributed by atoms with van der Waals surface area (Å²) >= 11 is 0. The molecule has 2 aromatic heterocycles. The van der Waals surface area contributed by atoms with Crippen LogP contribution in [-0.4, -0.2) is 124 Å². The van der Waals surface area contributed by atoms with Gasteiger partial charge in [-0.3, -0.25) is 0 Å². The number of carboxylic acids is 2. The second kappa shape index (κ2) is 24.2. The summed E-state index contributed by atoms with van der Waals surface area (Å²) in [5.41, 5.74) is 13.1. The van der Waals surface area contributed by atoms with Crippen LogP contribution < -0.4 is 20.9 Å². The molecule has 0 fully saturated rings. The average molecular weight is 795 g/mol. The standard InChI is InChI=1S/C30H38N4O7.2C2HF3O2/c31-29-7-3-23-1-5-25(21-27(23)33-29)40-19-17-38-15-13-36-11-9-35-10-12-37-14-16-39-18-20-41-26-6-2-24-4-8-30(32)34-28(24)22-26;2*3-2(4,5)1(6)7/h1-8,21-22H,9-20H2,(H2,31,33)(H2,32,34);2*(H,6,7). The van der Waals surface area contributed by atoms with E-state index in [0.29, 0.717) is 90.9 Å². The monoisotopic (exact) mass is 794 g/mol. The number of alkyl halides is 6.